The van der Waals surface area contributed by atoms with Crippen LogP contribution in [0.1, 0.15) is 18.9 Å². The third-order valence-corrected chi connectivity index (χ3v) is 6.20. The standard InChI is InChI=1S/C14H16O5S2/c1-3-8-20(15,16)12-6-7-13-11(9-12)5-4-10(2)14(13)21(17,18)19/h4-7,9H,3,8H2,1-2H3,(H,17,18,19). The van der Waals surface area contributed by atoms with Crippen LogP contribution < -0.4 is 0 Å². The lowest BCUT2D eigenvalue weighted by Crippen LogP contribution is -2.06. The third kappa shape index (κ3) is 3.09. The molecular weight excluding hydrogens is 312 g/mol. The molecule has 2 aromatic rings. The Bertz CT molecular complexity index is 896. The summed E-state index contributed by atoms with van der Waals surface area (Å²) in [4.78, 5) is -0.0265. The smallest absolute Gasteiger partial charge is 0.282 e. The Morgan fingerprint density at radius 1 is 1.05 bits per heavy atom. The van der Waals surface area contributed by atoms with Crippen LogP contribution in [-0.4, -0.2) is 27.1 Å². The monoisotopic (exact) mass is 328 g/mol. The van der Waals surface area contributed by atoms with Gasteiger partial charge in [-0.15, -0.1) is 0 Å². The molecule has 2 aromatic carbocycles. The normalized spacial score (nSPS) is 12.7. The summed E-state index contributed by atoms with van der Waals surface area (Å²) >= 11 is 0. The summed E-state index contributed by atoms with van der Waals surface area (Å²) in [7, 11) is -7.74. The minimum atomic E-state index is -4.37. The van der Waals surface area contributed by atoms with E-state index in [1.807, 2.05) is 0 Å². The van der Waals surface area contributed by atoms with Crippen LogP contribution in [0.25, 0.3) is 10.8 Å². The molecule has 0 saturated carbocycles. The first kappa shape index (κ1) is 15.9. The van der Waals surface area contributed by atoms with Crippen molar-refractivity contribution < 1.29 is 21.4 Å². The summed E-state index contributed by atoms with van der Waals surface area (Å²) in [6.45, 7) is 3.35. The second-order valence-electron chi connectivity index (χ2n) is 4.89. The number of hydrogen-bond acceptors (Lipinski definition) is 4. The predicted octanol–water partition coefficient (Wildman–Crippen LogP) is 2.58. The van der Waals surface area contributed by atoms with Crippen molar-refractivity contribution in [1.82, 2.24) is 0 Å². The van der Waals surface area contributed by atoms with E-state index in [2.05, 4.69) is 0 Å². The third-order valence-electron chi connectivity index (χ3n) is 3.23. The van der Waals surface area contributed by atoms with Crippen molar-refractivity contribution in [2.45, 2.75) is 30.1 Å². The number of rotatable bonds is 4. The van der Waals surface area contributed by atoms with Crippen LogP contribution >= 0.6 is 0 Å². The van der Waals surface area contributed by atoms with Gasteiger partial charge < -0.3 is 0 Å². The van der Waals surface area contributed by atoms with Crippen molar-refractivity contribution >= 4 is 30.7 Å². The maximum atomic E-state index is 12.1. The lowest BCUT2D eigenvalue weighted by molar-refractivity contribution is 0.483. The van der Waals surface area contributed by atoms with E-state index in [0.717, 1.165) is 0 Å². The Morgan fingerprint density at radius 3 is 2.29 bits per heavy atom. The van der Waals surface area contributed by atoms with E-state index in [1.165, 1.54) is 18.2 Å². The average molecular weight is 328 g/mol. The highest BCUT2D eigenvalue weighted by Crippen LogP contribution is 2.28. The summed E-state index contributed by atoms with van der Waals surface area (Å²) in [5, 5.41) is 0.776. The summed E-state index contributed by atoms with van der Waals surface area (Å²) in [5.41, 5.74) is 0.411. The van der Waals surface area contributed by atoms with E-state index in [9.17, 15) is 21.4 Å². The summed E-state index contributed by atoms with van der Waals surface area (Å²) in [6, 6.07) is 7.43. The predicted molar refractivity (Wildman–Crippen MR) is 80.8 cm³/mol. The highest BCUT2D eigenvalue weighted by Gasteiger charge is 2.19. The molecule has 0 saturated heterocycles. The van der Waals surface area contributed by atoms with E-state index in [1.54, 1.807) is 26.0 Å². The lowest BCUT2D eigenvalue weighted by atomic mass is 10.1. The van der Waals surface area contributed by atoms with Gasteiger partial charge in [0.25, 0.3) is 10.1 Å². The molecule has 0 amide bonds. The molecule has 1 N–H and O–H groups in total. The van der Waals surface area contributed by atoms with E-state index in [0.29, 0.717) is 22.8 Å². The Hall–Kier alpha value is -1.44. The minimum absolute atomic E-state index is 0.0372. The molecule has 2 rings (SSSR count). The van der Waals surface area contributed by atoms with Crippen molar-refractivity contribution in [2.24, 2.45) is 0 Å². The molecule has 0 unspecified atom stereocenters. The summed E-state index contributed by atoms with van der Waals surface area (Å²) in [6.07, 6.45) is 0.505. The zero-order chi connectivity index (χ0) is 15.8. The fourth-order valence-corrected chi connectivity index (χ4v) is 4.60. The second-order valence-corrected chi connectivity index (χ2v) is 8.36. The van der Waals surface area contributed by atoms with Gasteiger partial charge in [-0.3, -0.25) is 4.55 Å². The number of hydrogen-bond donors (Lipinski definition) is 1. The number of benzene rings is 2. The van der Waals surface area contributed by atoms with Gasteiger partial charge >= 0.3 is 0 Å². The molecule has 0 fully saturated rings. The van der Waals surface area contributed by atoms with E-state index in [4.69, 9.17) is 0 Å². The molecule has 0 atom stereocenters. The molecule has 0 aliphatic heterocycles. The quantitative estimate of drug-likeness (QED) is 0.871. The van der Waals surface area contributed by atoms with Gasteiger partial charge in [-0.05, 0) is 36.4 Å². The van der Waals surface area contributed by atoms with Gasteiger partial charge in [0.2, 0.25) is 0 Å². The number of aryl methyl sites for hydroxylation is 1. The van der Waals surface area contributed by atoms with E-state index < -0.39 is 20.0 Å². The van der Waals surface area contributed by atoms with Crippen molar-refractivity contribution in [2.75, 3.05) is 5.75 Å². The topological polar surface area (TPSA) is 88.5 Å². The van der Waals surface area contributed by atoms with Gasteiger partial charge in [-0.25, -0.2) is 8.42 Å². The first-order valence-corrected chi connectivity index (χ1v) is 9.49. The first-order valence-electron chi connectivity index (χ1n) is 6.40. The van der Waals surface area contributed by atoms with Crippen LogP contribution in [0.2, 0.25) is 0 Å². The fraction of sp³-hybridized carbons (Fsp3) is 0.286. The molecule has 0 heterocycles. The molecule has 0 aliphatic rings. The van der Waals surface area contributed by atoms with Crippen LogP contribution in [0.15, 0.2) is 40.1 Å². The van der Waals surface area contributed by atoms with Gasteiger partial charge in [0.1, 0.15) is 4.90 Å². The van der Waals surface area contributed by atoms with Crippen LogP contribution in [0.3, 0.4) is 0 Å². The van der Waals surface area contributed by atoms with Crippen molar-refractivity contribution in [3.8, 4) is 0 Å². The maximum absolute atomic E-state index is 12.1. The zero-order valence-electron chi connectivity index (χ0n) is 11.7. The van der Waals surface area contributed by atoms with Gasteiger partial charge in [-0.2, -0.15) is 8.42 Å². The molecular formula is C14H16O5S2. The molecule has 5 nitrogen and oxygen atoms in total. The van der Waals surface area contributed by atoms with Gasteiger partial charge in [0.15, 0.2) is 9.84 Å². The van der Waals surface area contributed by atoms with Gasteiger partial charge in [0, 0.05) is 5.39 Å². The first-order chi connectivity index (χ1) is 9.66. The van der Waals surface area contributed by atoms with Crippen LogP contribution in [0.5, 0.6) is 0 Å². The van der Waals surface area contributed by atoms with E-state index >= 15 is 0 Å². The van der Waals surface area contributed by atoms with Crippen LogP contribution in [-0.2, 0) is 20.0 Å². The van der Waals surface area contributed by atoms with Crippen molar-refractivity contribution in [1.29, 1.82) is 0 Å². The number of fused-ring (bicyclic) bond motifs is 1. The summed E-state index contributed by atoms with van der Waals surface area (Å²) in [5.74, 6) is 0.0372. The largest absolute Gasteiger partial charge is 0.295 e. The van der Waals surface area contributed by atoms with Crippen molar-refractivity contribution in [3.63, 3.8) is 0 Å². The molecule has 0 spiro atoms. The Labute approximate surface area is 124 Å². The van der Waals surface area contributed by atoms with Gasteiger partial charge in [-0.1, -0.05) is 25.1 Å². The highest BCUT2D eigenvalue weighted by molar-refractivity contribution is 7.91. The SMILES string of the molecule is CCCS(=O)(=O)c1ccc2c(S(=O)(=O)O)c(C)ccc2c1. The van der Waals surface area contributed by atoms with E-state index in [-0.39, 0.29) is 15.5 Å². The zero-order valence-corrected chi connectivity index (χ0v) is 13.3. The average Bonchev–Trinajstić information content (AvgIpc) is 2.36. The molecule has 7 heteroatoms. The minimum Gasteiger partial charge on any atom is -0.282 e. The Balaban J connectivity index is 2.77. The Morgan fingerprint density at radius 2 is 1.71 bits per heavy atom. The lowest BCUT2D eigenvalue weighted by Gasteiger charge is -2.09. The van der Waals surface area contributed by atoms with Crippen molar-refractivity contribution in [3.05, 3.63) is 35.9 Å². The highest BCUT2D eigenvalue weighted by atomic mass is 32.2. The molecule has 21 heavy (non-hydrogen) atoms. The Kier molecular flexibility index (Phi) is 4.10. The molecule has 0 aliphatic carbocycles. The summed E-state index contributed by atoms with van der Waals surface area (Å²) < 4.78 is 56.4. The molecule has 114 valence electrons. The van der Waals surface area contributed by atoms with Gasteiger partial charge in [0.05, 0.1) is 10.6 Å². The number of sulfone groups is 1. The molecule has 0 radical (unpaired) electrons. The maximum Gasteiger partial charge on any atom is 0.295 e. The fourth-order valence-electron chi connectivity index (χ4n) is 2.31. The van der Waals surface area contributed by atoms with Crippen LogP contribution in [0, 0.1) is 6.92 Å². The second kappa shape index (κ2) is 5.40. The molecule has 0 aromatic heterocycles. The van der Waals surface area contributed by atoms with Crippen LogP contribution in [0.4, 0.5) is 0 Å². The molecule has 0 bridgehead atoms.